The number of benzene rings is 1. The lowest BCUT2D eigenvalue weighted by molar-refractivity contribution is -0.137. The highest BCUT2D eigenvalue weighted by molar-refractivity contribution is 5.98. The van der Waals surface area contributed by atoms with Crippen molar-refractivity contribution in [2.45, 2.75) is 19.1 Å². The summed E-state index contributed by atoms with van der Waals surface area (Å²) < 4.78 is 40.1. The minimum absolute atomic E-state index is 0.00327. The summed E-state index contributed by atoms with van der Waals surface area (Å²) in [5.74, 6) is -0.790. The first-order chi connectivity index (χ1) is 14.1. The van der Waals surface area contributed by atoms with Gasteiger partial charge >= 0.3 is 6.18 Å². The minimum atomic E-state index is -4.62. The second-order valence-corrected chi connectivity index (χ2v) is 6.39. The van der Waals surface area contributed by atoms with Crippen molar-refractivity contribution in [3.8, 4) is 5.69 Å². The molecule has 10 nitrogen and oxygen atoms in total. The highest BCUT2D eigenvalue weighted by atomic mass is 19.4. The van der Waals surface area contributed by atoms with Gasteiger partial charge in [-0.1, -0.05) is 0 Å². The van der Waals surface area contributed by atoms with Crippen molar-refractivity contribution < 1.29 is 18.0 Å². The predicted molar refractivity (Wildman–Crippen MR) is 102 cm³/mol. The summed E-state index contributed by atoms with van der Waals surface area (Å²) in [6.45, 7) is 2.10. The summed E-state index contributed by atoms with van der Waals surface area (Å²) >= 11 is 0. The molecule has 3 aromatic rings. The third-order valence-electron chi connectivity index (χ3n) is 3.79. The number of alkyl halides is 3. The smallest absolute Gasteiger partial charge is 0.365 e. The summed E-state index contributed by atoms with van der Waals surface area (Å²) in [5, 5.41) is 13.3. The van der Waals surface area contributed by atoms with E-state index >= 15 is 0 Å². The van der Waals surface area contributed by atoms with E-state index in [0.29, 0.717) is 6.54 Å². The summed E-state index contributed by atoms with van der Waals surface area (Å²) in [6, 6.07) is 2.94. The van der Waals surface area contributed by atoms with Gasteiger partial charge in [0, 0.05) is 24.5 Å². The molecule has 0 radical (unpaired) electrons. The predicted octanol–water partition coefficient (Wildman–Crippen LogP) is 1.68. The van der Waals surface area contributed by atoms with Crippen LogP contribution in [0.15, 0.2) is 36.8 Å². The van der Waals surface area contributed by atoms with E-state index in [1.165, 1.54) is 24.7 Å². The van der Waals surface area contributed by atoms with Crippen molar-refractivity contribution >= 4 is 23.4 Å². The van der Waals surface area contributed by atoms with Gasteiger partial charge in [-0.25, -0.2) is 4.98 Å². The molecule has 0 unspecified atom stereocenters. The first-order valence-electron chi connectivity index (χ1n) is 8.66. The van der Waals surface area contributed by atoms with Crippen LogP contribution in [0, 0.1) is 0 Å². The van der Waals surface area contributed by atoms with E-state index in [4.69, 9.17) is 11.5 Å². The number of primary amides is 1. The summed E-state index contributed by atoms with van der Waals surface area (Å²) in [4.78, 5) is 20.9. The van der Waals surface area contributed by atoms with Crippen molar-refractivity contribution in [3.63, 3.8) is 0 Å². The van der Waals surface area contributed by atoms with Gasteiger partial charge in [-0.3, -0.25) is 4.79 Å². The Morgan fingerprint density at radius 3 is 2.53 bits per heavy atom. The second-order valence-electron chi connectivity index (χ2n) is 6.39. The van der Waals surface area contributed by atoms with Gasteiger partial charge in [-0.15, -0.1) is 0 Å². The maximum absolute atomic E-state index is 13.4. The fourth-order valence-electron chi connectivity index (χ4n) is 2.44. The molecule has 2 heterocycles. The van der Waals surface area contributed by atoms with Gasteiger partial charge in [0.2, 0.25) is 5.95 Å². The first-order valence-corrected chi connectivity index (χ1v) is 8.66. The number of halogens is 3. The maximum Gasteiger partial charge on any atom is 0.416 e. The Balaban J connectivity index is 2.03. The van der Waals surface area contributed by atoms with Gasteiger partial charge in [0.05, 0.1) is 23.6 Å². The molecule has 0 aliphatic carbocycles. The number of anilines is 3. The summed E-state index contributed by atoms with van der Waals surface area (Å²) in [6.07, 6.45) is -0.786. The molecule has 158 valence electrons. The van der Waals surface area contributed by atoms with Crippen LogP contribution in [-0.2, 0) is 6.18 Å². The van der Waals surface area contributed by atoms with Crippen LogP contribution in [0.2, 0.25) is 0 Å². The van der Waals surface area contributed by atoms with E-state index < -0.39 is 17.6 Å². The molecule has 2 aromatic heterocycles. The van der Waals surface area contributed by atoms with Gasteiger partial charge in [0.15, 0.2) is 0 Å². The van der Waals surface area contributed by atoms with Crippen LogP contribution < -0.4 is 22.1 Å². The number of nitrogens with one attached hydrogen (secondary N) is 2. The molecule has 0 bridgehead atoms. The van der Waals surface area contributed by atoms with Crippen LogP contribution in [0.5, 0.6) is 0 Å². The fraction of sp³-hybridized carbons (Fsp3) is 0.235. The largest absolute Gasteiger partial charge is 0.416 e. The van der Waals surface area contributed by atoms with Gasteiger partial charge in [0.25, 0.3) is 5.91 Å². The number of carbonyl (C=O) groups excluding carboxylic acids is 1. The number of nitrogens with two attached hydrogens (primary N) is 2. The van der Waals surface area contributed by atoms with Crippen LogP contribution in [0.4, 0.5) is 30.6 Å². The summed E-state index contributed by atoms with van der Waals surface area (Å²) in [5.41, 5.74) is 10.0. The zero-order valence-electron chi connectivity index (χ0n) is 15.7. The van der Waals surface area contributed by atoms with Crippen LogP contribution in [-0.4, -0.2) is 43.5 Å². The standard InChI is InChI=1S/C17H18F3N9O/c1-9(21)7-23-16-24-8-13(14(22)30)15(28-16)27-11-4-10(17(18,19)20)5-12(6-11)29-25-2-3-26-29/h2-6,8-9H,7,21H2,1H3,(H2,22,30)(H2,23,24,27,28)/t9-/m0/s1. The van der Waals surface area contributed by atoms with E-state index in [1.54, 1.807) is 6.92 Å². The quantitative estimate of drug-likeness (QED) is 0.450. The van der Waals surface area contributed by atoms with Crippen LogP contribution in [0.1, 0.15) is 22.8 Å². The molecule has 0 fully saturated rings. The first kappa shape index (κ1) is 21.0. The van der Waals surface area contributed by atoms with Crippen molar-refractivity contribution in [3.05, 3.63) is 47.9 Å². The monoisotopic (exact) mass is 421 g/mol. The zero-order valence-corrected chi connectivity index (χ0v) is 15.7. The van der Waals surface area contributed by atoms with Crippen LogP contribution in [0.25, 0.3) is 5.69 Å². The highest BCUT2D eigenvalue weighted by Crippen LogP contribution is 2.33. The van der Waals surface area contributed by atoms with Gasteiger partial charge in [-0.2, -0.15) is 33.1 Å². The molecule has 0 spiro atoms. The molecule has 6 N–H and O–H groups in total. The normalized spacial score (nSPS) is 12.4. The Morgan fingerprint density at radius 1 is 1.23 bits per heavy atom. The molecule has 0 saturated heterocycles. The SMILES string of the molecule is C[C@H](N)CNc1ncc(C(N)=O)c(Nc2cc(-n3nccn3)cc(C(F)(F)F)c2)n1. The van der Waals surface area contributed by atoms with E-state index in [-0.39, 0.29) is 34.7 Å². The zero-order chi connectivity index (χ0) is 21.9. The molecule has 3 rings (SSSR count). The van der Waals surface area contributed by atoms with E-state index in [9.17, 15) is 18.0 Å². The Kier molecular flexibility index (Phi) is 5.82. The molecule has 0 aliphatic heterocycles. The average molecular weight is 421 g/mol. The van der Waals surface area contributed by atoms with Crippen LogP contribution >= 0.6 is 0 Å². The van der Waals surface area contributed by atoms with Crippen molar-refractivity contribution in [1.29, 1.82) is 0 Å². The van der Waals surface area contributed by atoms with Gasteiger partial charge < -0.3 is 22.1 Å². The fourth-order valence-corrected chi connectivity index (χ4v) is 2.44. The van der Waals surface area contributed by atoms with Gasteiger partial charge in [-0.05, 0) is 25.1 Å². The lowest BCUT2D eigenvalue weighted by Gasteiger charge is -2.15. The molecular weight excluding hydrogens is 403 g/mol. The molecule has 1 aromatic carbocycles. The molecule has 1 atom stereocenters. The van der Waals surface area contributed by atoms with Gasteiger partial charge in [0.1, 0.15) is 11.4 Å². The Hall–Kier alpha value is -3.74. The van der Waals surface area contributed by atoms with Crippen molar-refractivity contribution in [1.82, 2.24) is 25.0 Å². The highest BCUT2D eigenvalue weighted by Gasteiger charge is 2.31. The Morgan fingerprint density at radius 2 is 1.93 bits per heavy atom. The second kappa shape index (κ2) is 8.32. The average Bonchev–Trinajstić information content (AvgIpc) is 3.20. The maximum atomic E-state index is 13.4. The van der Waals surface area contributed by atoms with Crippen LogP contribution in [0.3, 0.4) is 0 Å². The number of carbonyl (C=O) groups is 1. The summed E-state index contributed by atoms with van der Waals surface area (Å²) in [7, 11) is 0. The topological polar surface area (TPSA) is 150 Å². The third kappa shape index (κ3) is 5.00. The number of nitrogens with zero attached hydrogens (tertiary/aromatic N) is 5. The molecular formula is C17H18F3N9O. The molecule has 30 heavy (non-hydrogen) atoms. The third-order valence-corrected chi connectivity index (χ3v) is 3.79. The molecule has 1 amide bonds. The van der Waals surface area contributed by atoms with E-state index in [2.05, 4.69) is 30.8 Å². The Bertz CT molecular complexity index is 1040. The minimum Gasteiger partial charge on any atom is -0.365 e. The lowest BCUT2D eigenvalue weighted by atomic mass is 10.1. The van der Waals surface area contributed by atoms with E-state index in [0.717, 1.165) is 16.9 Å². The van der Waals surface area contributed by atoms with Crippen molar-refractivity contribution in [2.75, 3.05) is 17.2 Å². The number of aromatic nitrogens is 5. The number of amides is 1. The number of hydrogen-bond donors (Lipinski definition) is 4. The van der Waals surface area contributed by atoms with Crippen molar-refractivity contribution in [2.24, 2.45) is 11.5 Å². The molecule has 0 saturated carbocycles. The molecule has 13 heteroatoms. The number of hydrogen-bond acceptors (Lipinski definition) is 8. The molecule has 0 aliphatic rings. The Labute approximate surface area is 168 Å². The lowest BCUT2D eigenvalue weighted by Crippen LogP contribution is -2.26. The van der Waals surface area contributed by atoms with E-state index in [1.807, 2.05) is 0 Å². The number of rotatable bonds is 7.